The highest BCUT2D eigenvalue weighted by molar-refractivity contribution is 5.84. The van der Waals surface area contributed by atoms with Gasteiger partial charge in [-0.2, -0.15) is 8.78 Å². The number of hydrogen-bond acceptors (Lipinski definition) is 6. The molecule has 2 bridgehead atoms. The quantitative estimate of drug-likeness (QED) is 0.507. The van der Waals surface area contributed by atoms with Crippen molar-refractivity contribution in [2.45, 2.75) is 50.7 Å². The van der Waals surface area contributed by atoms with Gasteiger partial charge in [-0.3, -0.25) is 9.88 Å². The molecule has 0 aliphatic carbocycles. The molecule has 5 rings (SSSR count). The van der Waals surface area contributed by atoms with Gasteiger partial charge in [-0.25, -0.2) is 4.79 Å². The average molecular weight is 463 g/mol. The summed E-state index contributed by atoms with van der Waals surface area (Å²) in [6.07, 6.45) is 3.34. The molecule has 1 aromatic carbocycles. The number of piperidine rings is 3. The van der Waals surface area contributed by atoms with Crippen molar-refractivity contribution < 1.29 is 27.8 Å². The molecule has 8 heteroatoms. The lowest BCUT2D eigenvalue weighted by atomic mass is 9.71. The first-order valence-corrected chi connectivity index (χ1v) is 11.6. The molecule has 3 aliphatic rings. The van der Waals surface area contributed by atoms with Crippen LogP contribution in [0.25, 0.3) is 10.9 Å². The maximum Gasteiger partial charge on any atom is 0.376 e. The molecule has 1 aromatic heterocycles. The van der Waals surface area contributed by atoms with Crippen LogP contribution in [0.4, 0.5) is 8.78 Å². The predicted molar refractivity (Wildman–Crippen MR) is 120 cm³/mol. The zero-order valence-corrected chi connectivity index (χ0v) is 19.4. The van der Waals surface area contributed by atoms with Gasteiger partial charge in [-0.1, -0.05) is 0 Å². The van der Waals surface area contributed by atoms with Crippen molar-refractivity contribution >= 4 is 16.9 Å². The van der Waals surface area contributed by atoms with E-state index in [0.717, 1.165) is 48.1 Å². The average Bonchev–Trinajstić information content (AvgIpc) is 2.84. The normalized spacial score (nSPS) is 25.7. The summed E-state index contributed by atoms with van der Waals surface area (Å²) in [6.45, 7) is 3.16. The fourth-order valence-corrected chi connectivity index (χ4v) is 5.54. The topological polar surface area (TPSA) is 60.9 Å². The lowest BCUT2D eigenvalue weighted by Gasteiger charge is -2.52. The number of rotatable bonds is 9. The number of fused-ring (bicyclic) bond motifs is 4. The highest BCUT2D eigenvalue weighted by Crippen LogP contribution is 2.45. The summed E-state index contributed by atoms with van der Waals surface area (Å²) < 4.78 is 44.3. The van der Waals surface area contributed by atoms with Gasteiger partial charge in [0.2, 0.25) is 0 Å². The molecule has 3 fully saturated rings. The maximum absolute atomic E-state index is 14.2. The number of nitrogens with zero attached hydrogens (tertiary/aromatic N) is 2. The summed E-state index contributed by atoms with van der Waals surface area (Å²) in [5.41, 5.74) is 1.94. The summed E-state index contributed by atoms with van der Waals surface area (Å²) in [4.78, 5) is 18.4. The number of benzene rings is 1. The Balaban J connectivity index is 1.50. The first-order valence-electron chi connectivity index (χ1n) is 11.6. The first-order chi connectivity index (χ1) is 15.9. The number of carbonyl (C=O) groups excluding carboxylic acids is 1. The fraction of sp³-hybridized carbons (Fsp3) is 0.600. The Morgan fingerprint density at radius 1 is 1.30 bits per heavy atom. The number of esters is 1. The largest absolute Gasteiger partial charge is 0.497 e. The molecule has 2 aromatic rings. The number of alkyl halides is 2. The summed E-state index contributed by atoms with van der Waals surface area (Å²) in [5.74, 6) is -3.60. The van der Waals surface area contributed by atoms with Crippen molar-refractivity contribution in [3.05, 3.63) is 36.0 Å². The number of hydrogen-bond donors (Lipinski definition) is 0. The molecule has 33 heavy (non-hydrogen) atoms. The van der Waals surface area contributed by atoms with Crippen LogP contribution in [0, 0.1) is 11.8 Å². The lowest BCUT2D eigenvalue weighted by Crippen LogP contribution is -2.55. The molecular formula is C25H32F2N2O4. The van der Waals surface area contributed by atoms with E-state index in [-0.39, 0.29) is 24.7 Å². The van der Waals surface area contributed by atoms with Crippen LogP contribution in [0.15, 0.2) is 30.5 Å². The van der Waals surface area contributed by atoms with Crippen LogP contribution in [0.5, 0.6) is 5.75 Å². The van der Waals surface area contributed by atoms with Crippen molar-refractivity contribution in [1.82, 2.24) is 9.88 Å². The zero-order chi connectivity index (χ0) is 23.6. The van der Waals surface area contributed by atoms with Crippen molar-refractivity contribution in [1.29, 1.82) is 0 Å². The molecule has 0 radical (unpaired) electrons. The van der Waals surface area contributed by atoms with Crippen LogP contribution in [-0.4, -0.2) is 61.7 Å². The smallest absolute Gasteiger partial charge is 0.376 e. The second-order valence-corrected chi connectivity index (χ2v) is 9.01. The standard InChI is InChI=1S/C25H32F2N2O4/c1-4-33-24(30)25(26,27)10-7-17-15-29-12-9-16(17)13-22(29)23(32-3)19-8-11-28-21-6-5-18(31-2)14-20(19)21/h5-6,8,11,14,16-17,22-23H,4,7,9-10,12-13,15H2,1-3H3/t16-,17-,22-,23+/m0/s1. The van der Waals surface area contributed by atoms with Gasteiger partial charge in [0.05, 0.1) is 25.3 Å². The van der Waals surface area contributed by atoms with E-state index in [1.807, 2.05) is 24.3 Å². The minimum absolute atomic E-state index is 0.0378. The lowest BCUT2D eigenvalue weighted by molar-refractivity contribution is -0.173. The maximum atomic E-state index is 14.2. The second-order valence-electron chi connectivity index (χ2n) is 9.01. The Morgan fingerprint density at radius 2 is 2.12 bits per heavy atom. The Kier molecular flexibility index (Phi) is 7.14. The molecule has 5 atom stereocenters. The fourth-order valence-electron chi connectivity index (χ4n) is 5.54. The Hall–Kier alpha value is -2.32. The van der Waals surface area contributed by atoms with E-state index in [1.54, 1.807) is 20.4 Å². The van der Waals surface area contributed by atoms with E-state index in [2.05, 4.69) is 14.6 Å². The first kappa shape index (κ1) is 23.8. The van der Waals surface area contributed by atoms with E-state index in [4.69, 9.17) is 9.47 Å². The van der Waals surface area contributed by atoms with E-state index in [0.29, 0.717) is 12.3 Å². The molecule has 0 amide bonds. The van der Waals surface area contributed by atoms with Crippen molar-refractivity contribution in [3.8, 4) is 5.75 Å². The van der Waals surface area contributed by atoms with E-state index in [1.165, 1.54) is 6.92 Å². The second kappa shape index (κ2) is 9.89. The van der Waals surface area contributed by atoms with Gasteiger partial charge in [-0.05, 0) is 74.4 Å². The van der Waals surface area contributed by atoms with Gasteiger partial charge >= 0.3 is 11.9 Å². The molecule has 4 heterocycles. The molecule has 6 nitrogen and oxygen atoms in total. The van der Waals surface area contributed by atoms with Crippen LogP contribution in [0.1, 0.15) is 44.3 Å². The van der Waals surface area contributed by atoms with Crippen LogP contribution in [0.3, 0.4) is 0 Å². The number of halogens is 2. The summed E-state index contributed by atoms with van der Waals surface area (Å²) in [6, 6.07) is 7.98. The third-order valence-corrected chi connectivity index (χ3v) is 7.23. The van der Waals surface area contributed by atoms with Gasteiger partial charge in [0.15, 0.2) is 0 Å². The molecular weight excluding hydrogens is 430 g/mol. The van der Waals surface area contributed by atoms with Gasteiger partial charge in [-0.15, -0.1) is 0 Å². The van der Waals surface area contributed by atoms with E-state index >= 15 is 0 Å². The number of pyridine rings is 1. The summed E-state index contributed by atoms with van der Waals surface area (Å²) in [7, 11) is 3.36. The van der Waals surface area contributed by atoms with Crippen molar-refractivity contribution in [2.24, 2.45) is 11.8 Å². The third-order valence-electron chi connectivity index (χ3n) is 7.23. The molecule has 180 valence electrons. The SMILES string of the molecule is CCOC(=O)C(F)(F)CC[C@H]1CN2CC[C@H]1C[C@H]2[C@H](OC)c1ccnc2ccc(OC)cc12. The number of ether oxygens (including phenoxy) is 3. The molecule has 3 saturated heterocycles. The minimum Gasteiger partial charge on any atom is -0.497 e. The summed E-state index contributed by atoms with van der Waals surface area (Å²) in [5, 5.41) is 0.997. The van der Waals surface area contributed by atoms with E-state index in [9.17, 15) is 13.6 Å². The summed E-state index contributed by atoms with van der Waals surface area (Å²) >= 11 is 0. The highest BCUT2D eigenvalue weighted by atomic mass is 19.3. The van der Waals surface area contributed by atoms with Crippen molar-refractivity contribution in [3.63, 3.8) is 0 Å². The number of carbonyl (C=O) groups is 1. The molecule has 0 saturated carbocycles. The van der Waals surface area contributed by atoms with E-state index < -0.39 is 18.3 Å². The predicted octanol–water partition coefficient (Wildman–Crippen LogP) is 4.62. The van der Waals surface area contributed by atoms with Crippen LogP contribution < -0.4 is 4.74 Å². The molecule has 1 unspecified atom stereocenters. The minimum atomic E-state index is -3.43. The van der Waals surface area contributed by atoms with Crippen LogP contribution >= 0.6 is 0 Å². The molecule has 0 N–H and O–H groups in total. The van der Waals surface area contributed by atoms with Crippen molar-refractivity contribution in [2.75, 3.05) is 33.9 Å². The number of methoxy groups -OCH3 is 2. The van der Waals surface area contributed by atoms with Crippen LogP contribution in [-0.2, 0) is 14.3 Å². The monoisotopic (exact) mass is 462 g/mol. The Bertz CT molecular complexity index is 986. The molecule has 0 spiro atoms. The van der Waals surface area contributed by atoms with Crippen LogP contribution in [0.2, 0.25) is 0 Å². The number of aromatic nitrogens is 1. The molecule has 3 aliphatic heterocycles. The van der Waals surface area contributed by atoms with Gasteiger partial charge in [0.25, 0.3) is 0 Å². The highest BCUT2D eigenvalue weighted by Gasteiger charge is 2.46. The Labute approximate surface area is 193 Å². The van der Waals surface area contributed by atoms with Gasteiger partial charge in [0.1, 0.15) is 5.75 Å². The van der Waals surface area contributed by atoms with Gasteiger partial charge < -0.3 is 14.2 Å². The zero-order valence-electron chi connectivity index (χ0n) is 19.4. The Morgan fingerprint density at radius 3 is 2.79 bits per heavy atom. The third kappa shape index (κ3) is 4.82. The van der Waals surface area contributed by atoms with Gasteiger partial charge in [0, 0.05) is 37.7 Å².